The number of aliphatic carboxylic acids is 3. The second-order valence-electron chi connectivity index (χ2n) is 11.5. The average Bonchev–Trinajstić information content (AvgIpc) is 3.83. The maximum atomic E-state index is 10.5. The van der Waals surface area contributed by atoms with E-state index < -0.39 is 23.3 Å². The van der Waals surface area contributed by atoms with Gasteiger partial charge in [0.25, 0.3) is 0 Å². The van der Waals surface area contributed by atoms with Crippen LogP contribution in [0, 0.1) is 23.2 Å². The van der Waals surface area contributed by atoms with Crippen LogP contribution in [0.3, 0.4) is 0 Å². The number of aliphatic hydroxyl groups is 3. The van der Waals surface area contributed by atoms with E-state index in [9.17, 15) is 14.4 Å². The first-order valence-corrected chi connectivity index (χ1v) is 14.0. The van der Waals surface area contributed by atoms with Crippen molar-refractivity contribution in [3.63, 3.8) is 0 Å². The zero-order valence-corrected chi connectivity index (χ0v) is 22.5. The fraction of sp³-hybridized carbons (Fsp3) is 0.889. The highest BCUT2D eigenvalue weighted by molar-refractivity contribution is 5.71. The van der Waals surface area contributed by atoms with E-state index in [1.807, 2.05) is 6.92 Å². The van der Waals surface area contributed by atoms with Gasteiger partial charge in [-0.2, -0.15) is 0 Å². The molecule has 6 aliphatic rings. The Morgan fingerprint density at radius 2 is 0.846 bits per heavy atom. The van der Waals surface area contributed by atoms with Crippen molar-refractivity contribution in [2.75, 3.05) is 19.8 Å². The van der Waals surface area contributed by atoms with Crippen LogP contribution >= 0.6 is 0 Å². The Morgan fingerprint density at radius 3 is 1.00 bits per heavy atom. The van der Waals surface area contributed by atoms with Gasteiger partial charge in [-0.1, -0.05) is 6.92 Å². The Balaban J connectivity index is 0.000000144. The lowest BCUT2D eigenvalue weighted by atomic mass is 9.88. The van der Waals surface area contributed by atoms with Crippen molar-refractivity contribution in [3.05, 3.63) is 0 Å². The van der Waals surface area contributed by atoms with E-state index in [2.05, 4.69) is 0 Å². The van der Waals surface area contributed by atoms with E-state index in [1.54, 1.807) is 0 Å². The molecule has 9 atom stereocenters. The Kier molecular flexibility index (Phi) is 11.5. The molecule has 0 bridgehead atoms. The third-order valence-electron chi connectivity index (χ3n) is 8.82. The minimum absolute atomic E-state index is 0.135. The molecule has 0 aromatic heterocycles. The summed E-state index contributed by atoms with van der Waals surface area (Å²) in [5.74, 6) is -2.38. The monoisotopic (exact) mass is 560 g/mol. The van der Waals surface area contributed by atoms with E-state index >= 15 is 0 Å². The summed E-state index contributed by atoms with van der Waals surface area (Å²) in [6.07, 6.45) is 10.1. The largest absolute Gasteiger partial charge is 0.481 e. The Hall–Kier alpha value is -1.83. The second kappa shape index (κ2) is 14.2. The number of carboxylic acid groups (broad SMARTS) is 3. The molecule has 3 saturated carbocycles. The molecule has 12 nitrogen and oxygen atoms in total. The maximum Gasteiger partial charge on any atom is 0.306 e. The van der Waals surface area contributed by atoms with Crippen molar-refractivity contribution in [1.82, 2.24) is 0 Å². The van der Waals surface area contributed by atoms with Gasteiger partial charge in [0.05, 0.1) is 74.2 Å². The summed E-state index contributed by atoms with van der Waals surface area (Å²) in [7, 11) is 0. The van der Waals surface area contributed by atoms with E-state index in [0.29, 0.717) is 24.7 Å². The number of hydrogen-bond donors (Lipinski definition) is 6. The van der Waals surface area contributed by atoms with Crippen LogP contribution in [0.15, 0.2) is 0 Å². The molecule has 39 heavy (non-hydrogen) atoms. The molecular weight excluding hydrogens is 516 g/mol. The number of aliphatic hydroxyl groups excluding tert-OH is 3. The van der Waals surface area contributed by atoms with Crippen LogP contribution < -0.4 is 0 Å². The SMILES string of the molecule is CCC(CO)(CO)CO.O=C(O)C1CCC2OC2C1.O=C(O)C1CCC2OC2C1.O=C(O)C1CCC2OC2C1. The van der Waals surface area contributed by atoms with Crippen LogP contribution in [0.5, 0.6) is 0 Å². The topological polar surface area (TPSA) is 210 Å². The maximum absolute atomic E-state index is 10.5. The fourth-order valence-electron chi connectivity index (χ4n) is 5.37. The van der Waals surface area contributed by atoms with Gasteiger partial charge in [-0.25, -0.2) is 0 Å². The van der Waals surface area contributed by atoms with Gasteiger partial charge in [0.2, 0.25) is 0 Å². The van der Waals surface area contributed by atoms with Crippen molar-refractivity contribution in [1.29, 1.82) is 0 Å². The third kappa shape index (κ3) is 9.36. The zero-order chi connectivity index (χ0) is 28.7. The summed E-state index contributed by atoms with van der Waals surface area (Å²) < 4.78 is 15.6. The standard InChI is InChI=1S/3C7H10O3.C6H14O3/c3*8-7(9)4-1-2-5-6(3-4)10-5;1-2-6(3-7,4-8)5-9/h3*4-6H,1-3H2,(H,8,9);7-9H,2-5H2,1H3. The Bertz CT molecular complexity index is 722. The lowest BCUT2D eigenvalue weighted by molar-refractivity contribution is -0.143. The predicted octanol–water partition coefficient (Wildman–Crippen LogP) is 1.28. The lowest BCUT2D eigenvalue weighted by Gasteiger charge is -2.24. The number of hydrogen-bond acceptors (Lipinski definition) is 9. The first-order chi connectivity index (χ1) is 18.6. The molecule has 0 amide bonds. The van der Waals surface area contributed by atoms with E-state index in [4.69, 9.17) is 44.8 Å². The molecule has 3 heterocycles. The summed E-state index contributed by atoms with van der Waals surface area (Å²) in [6, 6.07) is 0. The molecule has 3 aliphatic heterocycles. The highest BCUT2D eigenvalue weighted by atomic mass is 16.6. The minimum Gasteiger partial charge on any atom is -0.481 e. The number of carbonyl (C=O) groups is 3. The van der Waals surface area contributed by atoms with Gasteiger partial charge < -0.3 is 44.8 Å². The van der Waals surface area contributed by atoms with Crippen molar-refractivity contribution in [3.8, 4) is 0 Å². The summed E-state index contributed by atoms with van der Waals surface area (Å²) in [6.45, 7) is 1.35. The van der Waals surface area contributed by atoms with Crippen molar-refractivity contribution in [2.45, 2.75) is 108 Å². The summed E-state index contributed by atoms with van der Waals surface area (Å²) in [5, 5.41) is 51.8. The molecule has 6 rings (SSSR count). The summed E-state index contributed by atoms with van der Waals surface area (Å²) in [4.78, 5) is 31.4. The van der Waals surface area contributed by atoms with E-state index in [1.165, 1.54) is 0 Å². The van der Waals surface area contributed by atoms with Crippen molar-refractivity contribution in [2.24, 2.45) is 23.2 Å². The predicted molar refractivity (Wildman–Crippen MR) is 135 cm³/mol. The normalized spacial score (nSPS) is 36.8. The molecule has 0 radical (unpaired) electrons. The molecule has 3 aliphatic carbocycles. The van der Waals surface area contributed by atoms with Gasteiger partial charge in [-0.3, -0.25) is 14.4 Å². The van der Waals surface area contributed by atoms with Gasteiger partial charge in [0.1, 0.15) is 0 Å². The molecule has 6 fully saturated rings. The Morgan fingerprint density at radius 1 is 0.564 bits per heavy atom. The molecule has 6 N–H and O–H groups in total. The zero-order valence-electron chi connectivity index (χ0n) is 22.5. The van der Waals surface area contributed by atoms with E-state index in [-0.39, 0.29) is 55.9 Å². The highest BCUT2D eigenvalue weighted by Crippen LogP contribution is 2.40. The van der Waals surface area contributed by atoms with Gasteiger partial charge in [0.15, 0.2) is 0 Å². The molecule has 0 aromatic carbocycles. The van der Waals surface area contributed by atoms with Crippen LogP contribution in [0.1, 0.15) is 71.1 Å². The average molecular weight is 561 g/mol. The first-order valence-electron chi connectivity index (χ1n) is 14.0. The van der Waals surface area contributed by atoms with Gasteiger partial charge >= 0.3 is 17.9 Å². The minimum atomic E-state index is -0.667. The van der Waals surface area contributed by atoms with Gasteiger partial charge in [-0.05, 0) is 64.2 Å². The lowest BCUT2D eigenvalue weighted by Crippen LogP contribution is -2.32. The molecule has 3 saturated heterocycles. The van der Waals surface area contributed by atoms with Gasteiger partial charge in [0, 0.05) is 5.41 Å². The number of ether oxygens (including phenoxy) is 3. The molecule has 224 valence electrons. The van der Waals surface area contributed by atoms with Gasteiger partial charge in [-0.15, -0.1) is 0 Å². The quantitative estimate of drug-likeness (QED) is 0.243. The van der Waals surface area contributed by atoms with Crippen LogP contribution in [0.25, 0.3) is 0 Å². The van der Waals surface area contributed by atoms with Crippen molar-refractivity contribution >= 4 is 17.9 Å². The highest BCUT2D eigenvalue weighted by Gasteiger charge is 2.47. The molecular formula is C27H44O12. The molecule has 0 spiro atoms. The van der Waals surface area contributed by atoms with Crippen LogP contribution in [0.4, 0.5) is 0 Å². The Labute approximate surface area is 228 Å². The number of fused-ring (bicyclic) bond motifs is 3. The third-order valence-corrected chi connectivity index (χ3v) is 8.82. The molecule has 0 aromatic rings. The molecule has 12 heteroatoms. The van der Waals surface area contributed by atoms with Crippen LogP contribution in [-0.2, 0) is 28.6 Å². The summed E-state index contributed by atoms with van der Waals surface area (Å²) in [5.41, 5.74) is -0.667. The van der Waals surface area contributed by atoms with Crippen molar-refractivity contribution < 1.29 is 59.2 Å². The van der Waals surface area contributed by atoms with E-state index in [0.717, 1.165) is 57.8 Å². The van der Waals surface area contributed by atoms with Crippen LogP contribution in [0.2, 0.25) is 0 Å². The fourth-order valence-corrected chi connectivity index (χ4v) is 5.37. The number of epoxide rings is 3. The number of rotatable bonds is 7. The summed E-state index contributed by atoms with van der Waals surface area (Å²) >= 11 is 0. The smallest absolute Gasteiger partial charge is 0.306 e. The first kappa shape index (κ1) is 31.7. The number of carboxylic acids is 3. The van der Waals surface area contributed by atoms with Crippen LogP contribution in [-0.4, -0.2) is 105 Å². The molecule has 9 unspecified atom stereocenters. The second-order valence-corrected chi connectivity index (χ2v) is 11.5.